The second kappa shape index (κ2) is 6.58. The Kier molecular flexibility index (Phi) is 4.56. The second-order valence-electron chi connectivity index (χ2n) is 6.23. The van der Waals surface area contributed by atoms with Crippen molar-refractivity contribution >= 4 is 5.97 Å². The summed E-state index contributed by atoms with van der Waals surface area (Å²) in [7, 11) is 0. The predicted molar refractivity (Wildman–Crippen MR) is 82.1 cm³/mol. The van der Waals surface area contributed by atoms with Crippen LogP contribution < -0.4 is 0 Å². The van der Waals surface area contributed by atoms with Gasteiger partial charge < -0.3 is 5.11 Å². The van der Waals surface area contributed by atoms with Gasteiger partial charge in [0.25, 0.3) is 0 Å². The minimum absolute atomic E-state index is 0.240. The molecule has 2 saturated heterocycles. The van der Waals surface area contributed by atoms with E-state index in [1.54, 1.807) is 0 Å². The summed E-state index contributed by atoms with van der Waals surface area (Å²) < 4.78 is 0. The third-order valence-corrected chi connectivity index (χ3v) is 4.85. The predicted octanol–water partition coefficient (Wildman–Crippen LogP) is 2.20. The molecule has 0 saturated carbocycles. The topological polar surface area (TPSA) is 43.8 Å². The first kappa shape index (κ1) is 14.5. The highest BCUT2D eigenvalue weighted by Crippen LogP contribution is 2.26. The Morgan fingerprint density at radius 3 is 2.48 bits per heavy atom. The number of rotatable bonds is 4. The lowest BCUT2D eigenvalue weighted by Gasteiger charge is -2.38. The van der Waals surface area contributed by atoms with Gasteiger partial charge in [0.2, 0.25) is 0 Å². The second-order valence-corrected chi connectivity index (χ2v) is 6.23. The number of hydrogen-bond donors (Lipinski definition) is 1. The number of aliphatic carboxylic acids is 1. The maximum atomic E-state index is 11.3. The van der Waals surface area contributed by atoms with Crippen LogP contribution in [0.4, 0.5) is 0 Å². The minimum atomic E-state index is -0.640. The summed E-state index contributed by atoms with van der Waals surface area (Å²) in [5.41, 5.74) is 1.36. The number of nitrogens with zero attached hydrogens (tertiary/aromatic N) is 2. The zero-order valence-electron chi connectivity index (χ0n) is 12.4. The van der Waals surface area contributed by atoms with Gasteiger partial charge >= 0.3 is 5.97 Å². The van der Waals surface area contributed by atoms with Gasteiger partial charge in [-0.25, -0.2) is 0 Å². The number of carboxylic acid groups (broad SMARTS) is 1. The lowest BCUT2D eigenvalue weighted by atomic mass is 10.0. The molecule has 1 aromatic rings. The van der Waals surface area contributed by atoms with Crippen LogP contribution >= 0.6 is 0 Å². The number of piperidine rings is 1. The molecule has 1 N–H and O–H groups in total. The van der Waals surface area contributed by atoms with Crippen LogP contribution in [0.15, 0.2) is 30.3 Å². The molecule has 114 valence electrons. The fourth-order valence-corrected chi connectivity index (χ4v) is 3.74. The molecule has 0 unspecified atom stereocenters. The maximum Gasteiger partial charge on any atom is 0.320 e. The molecule has 21 heavy (non-hydrogen) atoms. The molecule has 0 spiro atoms. The fraction of sp³-hybridized carbons (Fsp3) is 0.588. The average molecular weight is 288 g/mol. The van der Waals surface area contributed by atoms with Gasteiger partial charge in [-0.2, -0.15) is 0 Å². The SMILES string of the molecule is O=C(O)[C@H]1CCCN1C1CCN(Cc2ccccc2)CC1. The van der Waals surface area contributed by atoms with Gasteiger partial charge in [-0.05, 0) is 50.9 Å². The lowest BCUT2D eigenvalue weighted by Crippen LogP contribution is -2.48. The summed E-state index contributed by atoms with van der Waals surface area (Å²) in [5, 5.41) is 9.31. The van der Waals surface area contributed by atoms with Gasteiger partial charge in [-0.1, -0.05) is 30.3 Å². The first-order valence-corrected chi connectivity index (χ1v) is 7.99. The first-order chi connectivity index (χ1) is 10.2. The number of likely N-dealkylation sites (tertiary alicyclic amines) is 2. The smallest absolute Gasteiger partial charge is 0.320 e. The summed E-state index contributed by atoms with van der Waals surface area (Å²) in [6.45, 7) is 4.11. The van der Waals surface area contributed by atoms with Crippen molar-refractivity contribution in [2.24, 2.45) is 0 Å². The number of carboxylic acids is 1. The zero-order valence-corrected chi connectivity index (χ0v) is 12.4. The van der Waals surface area contributed by atoms with Gasteiger partial charge in [-0.15, -0.1) is 0 Å². The van der Waals surface area contributed by atoms with E-state index in [0.29, 0.717) is 6.04 Å². The van der Waals surface area contributed by atoms with Crippen LogP contribution in [0.5, 0.6) is 0 Å². The van der Waals surface area contributed by atoms with Crippen LogP contribution in [0.2, 0.25) is 0 Å². The molecule has 3 rings (SSSR count). The molecule has 2 aliphatic heterocycles. The van der Waals surface area contributed by atoms with E-state index in [-0.39, 0.29) is 6.04 Å². The fourth-order valence-electron chi connectivity index (χ4n) is 3.74. The summed E-state index contributed by atoms with van der Waals surface area (Å²) >= 11 is 0. The molecular weight excluding hydrogens is 264 g/mol. The Morgan fingerprint density at radius 1 is 1.10 bits per heavy atom. The maximum absolute atomic E-state index is 11.3. The number of hydrogen-bond acceptors (Lipinski definition) is 3. The van der Waals surface area contributed by atoms with Gasteiger partial charge in [-0.3, -0.25) is 14.6 Å². The standard InChI is InChI=1S/C17H24N2O2/c20-17(21)16-7-4-10-19(16)15-8-11-18(12-9-15)13-14-5-2-1-3-6-14/h1-3,5-6,15-16H,4,7-13H2,(H,20,21)/t16-/m1/s1. The van der Waals surface area contributed by atoms with Gasteiger partial charge in [0.05, 0.1) is 0 Å². The Balaban J connectivity index is 1.52. The average Bonchev–Trinajstić information content (AvgIpc) is 2.99. The largest absolute Gasteiger partial charge is 0.480 e. The van der Waals surface area contributed by atoms with Crippen LogP contribution in [0, 0.1) is 0 Å². The van der Waals surface area contributed by atoms with Crippen molar-refractivity contribution in [3.05, 3.63) is 35.9 Å². The molecule has 0 radical (unpaired) electrons. The third kappa shape index (κ3) is 3.44. The monoisotopic (exact) mass is 288 g/mol. The van der Waals surface area contributed by atoms with E-state index in [9.17, 15) is 9.90 Å². The number of carbonyl (C=O) groups is 1. The van der Waals surface area contributed by atoms with Gasteiger partial charge in [0, 0.05) is 12.6 Å². The normalized spacial score (nSPS) is 25.2. The van der Waals surface area contributed by atoms with Crippen molar-refractivity contribution in [1.82, 2.24) is 9.80 Å². The molecule has 0 amide bonds. The summed E-state index contributed by atoms with van der Waals surface area (Å²) in [4.78, 5) is 16.0. The van der Waals surface area contributed by atoms with Crippen molar-refractivity contribution < 1.29 is 9.90 Å². The van der Waals surface area contributed by atoms with Crippen molar-refractivity contribution in [1.29, 1.82) is 0 Å². The highest BCUT2D eigenvalue weighted by molar-refractivity contribution is 5.73. The van der Waals surface area contributed by atoms with E-state index in [4.69, 9.17) is 0 Å². The Labute approximate surface area is 126 Å². The van der Waals surface area contributed by atoms with E-state index < -0.39 is 5.97 Å². The van der Waals surface area contributed by atoms with Crippen LogP contribution in [-0.4, -0.2) is 52.6 Å². The van der Waals surface area contributed by atoms with Crippen LogP contribution in [0.1, 0.15) is 31.2 Å². The number of benzene rings is 1. The Morgan fingerprint density at radius 2 is 1.81 bits per heavy atom. The molecule has 0 aromatic heterocycles. The first-order valence-electron chi connectivity index (χ1n) is 7.99. The molecule has 1 aromatic carbocycles. The van der Waals surface area contributed by atoms with Crippen LogP contribution in [0.3, 0.4) is 0 Å². The molecular formula is C17H24N2O2. The highest BCUT2D eigenvalue weighted by Gasteiger charge is 2.36. The summed E-state index contributed by atoms with van der Waals surface area (Å²) in [6, 6.07) is 10.8. The van der Waals surface area contributed by atoms with Gasteiger partial charge in [0.1, 0.15) is 6.04 Å². The molecule has 1 atom stereocenters. The molecule has 0 bridgehead atoms. The minimum Gasteiger partial charge on any atom is -0.480 e. The molecule has 4 nitrogen and oxygen atoms in total. The molecule has 2 aliphatic rings. The Bertz CT molecular complexity index is 469. The zero-order chi connectivity index (χ0) is 14.7. The van der Waals surface area contributed by atoms with E-state index >= 15 is 0 Å². The molecule has 2 fully saturated rings. The Hall–Kier alpha value is -1.39. The third-order valence-electron chi connectivity index (χ3n) is 4.85. The quantitative estimate of drug-likeness (QED) is 0.922. The van der Waals surface area contributed by atoms with Gasteiger partial charge in [0.15, 0.2) is 0 Å². The molecule has 2 heterocycles. The van der Waals surface area contributed by atoms with E-state index in [1.807, 2.05) is 0 Å². The summed E-state index contributed by atoms with van der Waals surface area (Å²) in [6.07, 6.45) is 4.04. The van der Waals surface area contributed by atoms with Crippen LogP contribution in [0.25, 0.3) is 0 Å². The van der Waals surface area contributed by atoms with Crippen molar-refractivity contribution in [3.63, 3.8) is 0 Å². The highest BCUT2D eigenvalue weighted by atomic mass is 16.4. The van der Waals surface area contributed by atoms with Crippen molar-refractivity contribution in [2.45, 2.75) is 44.3 Å². The molecule has 0 aliphatic carbocycles. The van der Waals surface area contributed by atoms with Crippen LogP contribution in [-0.2, 0) is 11.3 Å². The lowest BCUT2D eigenvalue weighted by molar-refractivity contribution is -0.143. The van der Waals surface area contributed by atoms with E-state index in [0.717, 1.165) is 51.9 Å². The van der Waals surface area contributed by atoms with E-state index in [1.165, 1.54) is 5.56 Å². The summed E-state index contributed by atoms with van der Waals surface area (Å²) in [5.74, 6) is -0.640. The van der Waals surface area contributed by atoms with E-state index in [2.05, 4.69) is 40.1 Å². The van der Waals surface area contributed by atoms with Crippen molar-refractivity contribution in [3.8, 4) is 0 Å². The van der Waals surface area contributed by atoms with Crippen molar-refractivity contribution in [2.75, 3.05) is 19.6 Å². The molecule has 4 heteroatoms.